The van der Waals surface area contributed by atoms with Crippen LogP contribution in [-0.4, -0.2) is 39.5 Å². The first-order valence-electron chi connectivity index (χ1n) is 10.2. The van der Waals surface area contributed by atoms with Crippen molar-refractivity contribution < 1.29 is 23.5 Å². The first kappa shape index (κ1) is 21.0. The molecule has 2 atom stereocenters. The molecular formula is C22H23F2N3O4. The number of benzene rings is 1. The molecule has 164 valence electrons. The van der Waals surface area contributed by atoms with Crippen LogP contribution in [-0.2, 0) is 6.54 Å². The number of pyridine rings is 1. The van der Waals surface area contributed by atoms with E-state index in [9.17, 15) is 28.3 Å². The minimum absolute atomic E-state index is 0.123. The molecule has 3 heterocycles. The molecule has 4 rings (SSSR count). The molecule has 2 aromatic rings. The van der Waals surface area contributed by atoms with Crippen LogP contribution in [0.15, 0.2) is 23.1 Å². The van der Waals surface area contributed by atoms with Gasteiger partial charge in [0, 0.05) is 31.4 Å². The lowest BCUT2D eigenvalue weighted by molar-refractivity contribution is 0.0677. The van der Waals surface area contributed by atoms with E-state index in [4.69, 9.17) is 0 Å². The second-order valence-corrected chi connectivity index (χ2v) is 8.40. The van der Waals surface area contributed by atoms with Crippen molar-refractivity contribution in [2.24, 2.45) is 5.92 Å². The van der Waals surface area contributed by atoms with Gasteiger partial charge < -0.3 is 19.9 Å². The van der Waals surface area contributed by atoms with Crippen molar-refractivity contribution in [3.8, 4) is 5.75 Å². The summed E-state index contributed by atoms with van der Waals surface area (Å²) in [4.78, 5) is 39.7. The largest absolute Gasteiger partial charge is 0.503 e. The molecule has 0 radical (unpaired) electrons. The molecule has 1 unspecified atom stereocenters. The zero-order chi connectivity index (χ0) is 22.4. The average Bonchev–Trinajstić information content (AvgIpc) is 2.87. The number of halogens is 2. The molecule has 0 spiro atoms. The van der Waals surface area contributed by atoms with Crippen LogP contribution in [0, 0.1) is 24.5 Å². The number of nitrogens with one attached hydrogen (secondary N) is 1. The third-order valence-corrected chi connectivity index (χ3v) is 6.05. The molecule has 1 saturated heterocycles. The molecule has 1 aromatic carbocycles. The van der Waals surface area contributed by atoms with E-state index in [0.29, 0.717) is 24.6 Å². The lowest BCUT2D eigenvalue weighted by atomic mass is 9.99. The fraction of sp³-hybridized carbons (Fsp3) is 0.409. The summed E-state index contributed by atoms with van der Waals surface area (Å²) in [6.45, 7) is 4.11. The fourth-order valence-corrected chi connectivity index (χ4v) is 4.36. The first-order chi connectivity index (χ1) is 14.7. The molecule has 2 amide bonds. The summed E-state index contributed by atoms with van der Waals surface area (Å²) in [6, 6.07) is 2.11. The number of fused-ring (bicyclic) bond motifs is 4. The van der Waals surface area contributed by atoms with E-state index in [2.05, 4.69) is 12.2 Å². The van der Waals surface area contributed by atoms with Gasteiger partial charge in [-0.25, -0.2) is 8.78 Å². The SMILES string of the molecule is Cc1cc(F)c(CNC(=O)c2cn3c(c(O)c2=O)C(=O)N2CCC(C)C[C@H]3C2)c(F)c1. The van der Waals surface area contributed by atoms with E-state index in [1.165, 1.54) is 10.8 Å². The highest BCUT2D eigenvalue weighted by Gasteiger charge is 2.37. The van der Waals surface area contributed by atoms with Crippen LogP contribution in [0.3, 0.4) is 0 Å². The van der Waals surface area contributed by atoms with E-state index < -0.39 is 41.2 Å². The number of aromatic hydroxyl groups is 1. The third-order valence-electron chi connectivity index (χ3n) is 6.05. The number of rotatable bonds is 3. The van der Waals surface area contributed by atoms with Crippen molar-refractivity contribution in [3.63, 3.8) is 0 Å². The normalized spacial score (nSPS) is 20.3. The van der Waals surface area contributed by atoms with Gasteiger partial charge >= 0.3 is 0 Å². The molecule has 2 N–H and O–H groups in total. The number of aryl methyl sites for hydroxylation is 1. The fourth-order valence-electron chi connectivity index (χ4n) is 4.36. The number of hydrogen-bond acceptors (Lipinski definition) is 4. The molecule has 0 saturated carbocycles. The van der Waals surface area contributed by atoms with Crippen LogP contribution in [0.2, 0.25) is 0 Å². The van der Waals surface area contributed by atoms with Gasteiger partial charge in [-0.15, -0.1) is 0 Å². The van der Waals surface area contributed by atoms with Crippen molar-refractivity contribution in [1.29, 1.82) is 0 Å². The van der Waals surface area contributed by atoms with Crippen molar-refractivity contribution >= 4 is 11.8 Å². The maximum Gasteiger partial charge on any atom is 0.274 e. The van der Waals surface area contributed by atoms with Gasteiger partial charge in [0.05, 0.1) is 6.04 Å². The maximum absolute atomic E-state index is 14.1. The Morgan fingerprint density at radius 1 is 1.26 bits per heavy atom. The summed E-state index contributed by atoms with van der Waals surface area (Å²) in [5.74, 6) is -3.40. The van der Waals surface area contributed by atoms with Crippen LogP contribution in [0.25, 0.3) is 0 Å². The summed E-state index contributed by atoms with van der Waals surface area (Å²) in [7, 11) is 0. The number of hydrogen-bond donors (Lipinski definition) is 2. The van der Waals surface area contributed by atoms with E-state index in [0.717, 1.165) is 25.0 Å². The van der Waals surface area contributed by atoms with Crippen molar-refractivity contribution in [1.82, 2.24) is 14.8 Å². The number of aromatic nitrogens is 1. The lowest BCUT2D eigenvalue weighted by Gasteiger charge is -2.34. The Bertz CT molecular complexity index is 1120. The maximum atomic E-state index is 14.1. The second kappa shape index (κ2) is 7.79. The molecule has 9 heteroatoms. The molecule has 2 aliphatic rings. The summed E-state index contributed by atoms with van der Waals surface area (Å²) in [6.07, 6.45) is 2.80. The molecule has 7 nitrogen and oxygen atoms in total. The molecule has 31 heavy (non-hydrogen) atoms. The van der Waals surface area contributed by atoms with Gasteiger partial charge in [-0.3, -0.25) is 14.4 Å². The van der Waals surface area contributed by atoms with E-state index in [1.807, 2.05) is 0 Å². The number of carbonyl (C=O) groups excluding carboxylic acids is 2. The van der Waals surface area contributed by atoms with Gasteiger partial charge in [-0.1, -0.05) is 6.92 Å². The van der Waals surface area contributed by atoms with Crippen molar-refractivity contribution in [2.75, 3.05) is 13.1 Å². The standard InChI is InChI=1S/C22H23F2N3O4/c1-11-3-4-26-9-13(5-11)27-10-15(19(28)20(29)18(27)22(26)31)21(30)25-8-14-16(23)6-12(2)7-17(14)24/h6-7,10-11,13,29H,3-5,8-9H2,1-2H3,(H,25,30)/t11?,13-/m0/s1. The Balaban J connectivity index is 1.68. The molecule has 1 aromatic heterocycles. The zero-order valence-electron chi connectivity index (χ0n) is 17.2. The predicted molar refractivity (Wildman–Crippen MR) is 108 cm³/mol. The highest BCUT2D eigenvalue weighted by molar-refractivity contribution is 5.99. The third kappa shape index (κ3) is 3.68. The van der Waals surface area contributed by atoms with Gasteiger partial charge in [0.15, 0.2) is 11.4 Å². The topological polar surface area (TPSA) is 91.6 Å². The summed E-state index contributed by atoms with van der Waals surface area (Å²) < 4.78 is 29.6. The average molecular weight is 431 g/mol. The molecule has 1 fully saturated rings. The zero-order valence-corrected chi connectivity index (χ0v) is 17.2. The van der Waals surface area contributed by atoms with Crippen LogP contribution in [0.1, 0.15) is 57.8 Å². The van der Waals surface area contributed by atoms with E-state index in [1.54, 1.807) is 11.8 Å². The van der Waals surface area contributed by atoms with E-state index >= 15 is 0 Å². The molecule has 2 bridgehead atoms. The van der Waals surface area contributed by atoms with Crippen LogP contribution in [0.4, 0.5) is 8.78 Å². The summed E-state index contributed by atoms with van der Waals surface area (Å²) >= 11 is 0. The monoisotopic (exact) mass is 431 g/mol. The van der Waals surface area contributed by atoms with Gasteiger partial charge in [-0.05, 0) is 43.4 Å². The van der Waals surface area contributed by atoms with Crippen LogP contribution >= 0.6 is 0 Å². The number of carbonyl (C=O) groups is 2. The Labute approximate surface area is 177 Å². The minimum atomic E-state index is -0.991. The smallest absolute Gasteiger partial charge is 0.274 e. The predicted octanol–water partition coefficient (Wildman–Crippen LogP) is 2.50. The van der Waals surface area contributed by atoms with Crippen LogP contribution < -0.4 is 10.7 Å². The lowest BCUT2D eigenvalue weighted by Crippen LogP contribution is -2.44. The van der Waals surface area contributed by atoms with Gasteiger partial charge in [0.25, 0.3) is 11.8 Å². The summed E-state index contributed by atoms with van der Waals surface area (Å²) in [5.41, 5.74) is -1.42. The number of amides is 2. The number of nitrogens with zero attached hydrogens (tertiary/aromatic N) is 2. The quantitative estimate of drug-likeness (QED) is 0.781. The molecular weight excluding hydrogens is 408 g/mol. The van der Waals surface area contributed by atoms with Crippen LogP contribution in [0.5, 0.6) is 5.75 Å². The Morgan fingerprint density at radius 3 is 2.61 bits per heavy atom. The molecule has 2 aliphatic heterocycles. The van der Waals surface area contributed by atoms with Gasteiger partial charge in [-0.2, -0.15) is 0 Å². The second-order valence-electron chi connectivity index (χ2n) is 8.40. The Kier molecular flexibility index (Phi) is 5.28. The van der Waals surface area contributed by atoms with Crippen molar-refractivity contribution in [2.45, 2.75) is 39.3 Å². The van der Waals surface area contributed by atoms with Crippen molar-refractivity contribution in [3.05, 3.63) is 62.6 Å². The Hall–Kier alpha value is -3.23. The Morgan fingerprint density at radius 2 is 1.94 bits per heavy atom. The first-order valence-corrected chi connectivity index (χ1v) is 10.2. The highest BCUT2D eigenvalue weighted by Crippen LogP contribution is 2.33. The highest BCUT2D eigenvalue weighted by atomic mass is 19.1. The van der Waals surface area contributed by atoms with Gasteiger partial charge in [0.2, 0.25) is 5.43 Å². The molecule has 0 aliphatic carbocycles. The minimum Gasteiger partial charge on any atom is -0.503 e. The summed E-state index contributed by atoms with van der Waals surface area (Å²) in [5, 5.41) is 12.8. The van der Waals surface area contributed by atoms with E-state index in [-0.39, 0.29) is 22.9 Å². The van der Waals surface area contributed by atoms with Gasteiger partial charge in [0.1, 0.15) is 17.2 Å².